The number of fused-ring (bicyclic) bond motifs is 1. The molecule has 2 aromatic rings. The average Bonchev–Trinajstić information content (AvgIpc) is 3.39. The Kier molecular flexibility index (Phi) is 6.37. The number of hydrogen-bond acceptors (Lipinski definition) is 4. The molecule has 158 valence electrons. The number of nitrogens with zero attached hydrogens (tertiary/aromatic N) is 2. The third-order valence-corrected chi connectivity index (χ3v) is 5.20. The summed E-state index contributed by atoms with van der Waals surface area (Å²) in [5, 5.41) is 6.65. The van der Waals surface area contributed by atoms with Crippen LogP contribution < -0.4 is 20.1 Å². The summed E-state index contributed by atoms with van der Waals surface area (Å²) in [6.45, 7) is 5.85. The van der Waals surface area contributed by atoms with Crippen molar-refractivity contribution in [2.24, 2.45) is 4.99 Å². The van der Waals surface area contributed by atoms with Crippen LogP contribution in [0.1, 0.15) is 36.5 Å². The van der Waals surface area contributed by atoms with Crippen molar-refractivity contribution < 1.29 is 14.3 Å². The van der Waals surface area contributed by atoms with Gasteiger partial charge in [-0.1, -0.05) is 30.3 Å². The fourth-order valence-corrected chi connectivity index (χ4v) is 3.67. The Hall–Kier alpha value is -3.22. The molecule has 0 radical (unpaired) electrons. The molecule has 7 heteroatoms. The lowest BCUT2D eigenvalue weighted by atomic mass is 10.1. The average molecular weight is 409 g/mol. The normalized spacial score (nSPS) is 15.6. The molecular weight excluding hydrogens is 380 g/mol. The van der Waals surface area contributed by atoms with Crippen molar-refractivity contribution in [1.29, 1.82) is 0 Å². The molecule has 2 heterocycles. The maximum atomic E-state index is 11.9. The maximum absolute atomic E-state index is 11.9. The first-order valence-electron chi connectivity index (χ1n) is 10.5. The largest absolute Gasteiger partial charge is 0.454 e. The number of carbonyl (C=O) groups excluding carboxylic acids is 1. The lowest BCUT2D eigenvalue weighted by Gasteiger charge is -2.16. The monoisotopic (exact) mass is 408 g/mol. The predicted octanol–water partition coefficient (Wildman–Crippen LogP) is 2.79. The number of benzene rings is 2. The van der Waals surface area contributed by atoms with Crippen LogP contribution in [0.25, 0.3) is 0 Å². The fraction of sp³-hybridized carbons (Fsp3) is 0.391. The molecule has 30 heavy (non-hydrogen) atoms. The molecule has 0 aromatic heterocycles. The highest BCUT2D eigenvalue weighted by Gasteiger charge is 2.20. The van der Waals surface area contributed by atoms with E-state index in [0.29, 0.717) is 26.1 Å². The summed E-state index contributed by atoms with van der Waals surface area (Å²) in [6.07, 6.45) is 1.63. The summed E-state index contributed by atoms with van der Waals surface area (Å²) in [5.74, 6) is 2.58. The molecule has 2 N–H and O–H groups in total. The van der Waals surface area contributed by atoms with Crippen molar-refractivity contribution in [3.8, 4) is 11.5 Å². The van der Waals surface area contributed by atoms with Gasteiger partial charge in [0.25, 0.3) is 0 Å². The van der Waals surface area contributed by atoms with Gasteiger partial charge in [-0.2, -0.15) is 0 Å². The quantitative estimate of drug-likeness (QED) is 0.544. The molecule has 2 aliphatic rings. The van der Waals surface area contributed by atoms with E-state index in [9.17, 15) is 4.79 Å². The minimum atomic E-state index is 0.251. The molecule has 0 unspecified atom stereocenters. The lowest BCUT2D eigenvalue weighted by Crippen LogP contribution is -2.36. The SMILES string of the molecule is CCNC(=NCc1cccc(CN2CCCC2=O)c1)NCc1ccc2c(c1)OCO2. The number of amides is 1. The van der Waals surface area contributed by atoms with Gasteiger partial charge in [-0.25, -0.2) is 4.99 Å². The second kappa shape index (κ2) is 9.52. The molecule has 0 aliphatic carbocycles. The smallest absolute Gasteiger partial charge is 0.231 e. The van der Waals surface area contributed by atoms with E-state index in [1.807, 2.05) is 36.1 Å². The molecule has 1 saturated heterocycles. The third-order valence-electron chi connectivity index (χ3n) is 5.20. The van der Waals surface area contributed by atoms with E-state index in [1.165, 1.54) is 0 Å². The van der Waals surface area contributed by atoms with Gasteiger partial charge in [0.05, 0.1) is 6.54 Å². The number of hydrogen-bond donors (Lipinski definition) is 2. The summed E-state index contributed by atoms with van der Waals surface area (Å²) >= 11 is 0. The number of aliphatic imine (C=N–C) groups is 1. The molecule has 1 amide bonds. The lowest BCUT2D eigenvalue weighted by molar-refractivity contribution is -0.128. The molecule has 0 bridgehead atoms. The van der Waals surface area contributed by atoms with Gasteiger partial charge in [0, 0.05) is 32.6 Å². The van der Waals surface area contributed by atoms with Crippen LogP contribution in [0.15, 0.2) is 47.5 Å². The van der Waals surface area contributed by atoms with Crippen LogP contribution >= 0.6 is 0 Å². The minimum Gasteiger partial charge on any atom is -0.454 e. The number of nitrogens with one attached hydrogen (secondary N) is 2. The summed E-state index contributed by atoms with van der Waals surface area (Å²) < 4.78 is 10.8. The van der Waals surface area contributed by atoms with E-state index in [0.717, 1.165) is 53.7 Å². The third kappa shape index (κ3) is 5.03. The van der Waals surface area contributed by atoms with E-state index < -0.39 is 0 Å². The summed E-state index contributed by atoms with van der Waals surface area (Å²) in [4.78, 5) is 18.5. The van der Waals surface area contributed by atoms with Crippen molar-refractivity contribution in [2.75, 3.05) is 19.9 Å². The highest BCUT2D eigenvalue weighted by Crippen LogP contribution is 2.32. The highest BCUT2D eigenvalue weighted by molar-refractivity contribution is 5.79. The van der Waals surface area contributed by atoms with Crippen LogP contribution in [-0.4, -0.2) is 36.6 Å². The topological polar surface area (TPSA) is 75.2 Å². The van der Waals surface area contributed by atoms with Crippen LogP contribution in [0.5, 0.6) is 11.5 Å². The number of likely N-dealkylation sites (tertiary alicyclic amines) is 1. The van der Waals surface area contributed by atoms with Gasteiger partial charge < -0.3 is 25.0 Å². The Morgan fingerprint density at radius 2 is 1.93 bits per heavy atom. The van der Waals surface area contributed by atoms with Crippen LogP contribution in [0.2, 0.25) is 0 Å². The molecule has 2 aliphatic heterocycles. The summed E-state index contributed by atoms with van der Waals surface area (Å²) in [5.41, 5.74) is 3.37. The second-order valence-corrected chi connectivity index (χ2v) is 7.48. The van der Waals surface area contributed by atoms with Crippen molar-refractivity contribution in [3.63, 3.8) is 0 Å². The van der Waals surface area contributed by atoms with E-state index >= 15 is 0 Å². The van der Waals surface area contributed by atoms with Crippen molar-refractivity contribution in [3.05, 3.63) is 59.2 Å². The zero-order valence-corrected chi connectivity index (χ0v) is 17.3. The molecule has 0 spiro atoms. The van der Waals surface area contributed by atoms with Crippen molar-refractivity contribution >= 4 is 11.9 Å². The molecule has 0 atom stereocenters. The Bertz CT molecular complexity index is 928. The van der Waals surface area contributed by atoms with Crippen LogP contribution in [0, 0.1) is 0 Å². The zero-order valence-electron chi connectivity index (χ0n) is 17.3. The first-order chi connectivity index (χ1) is 14.7. The Labute approximate surface area is 177 Å². The van der Waals surface area contributed by atoms with E-state index in [1.54, 1.807) is 0 Å². The summed E-state index contributed by atoms with van der Waals surface area (Å²) in [6, 6.07) is 14.3. The van der Waals surface area contributed by atoms with E-state index in [-0.39, 0.29) is 12.7 Å². The number of ether oxygens (including phenoxy) is 2. The predicted molar refractivity (Wildman–Crippen MR) is 115 cm³/mol. The molecular formula is C23H28N4O3. The van der Waals surface area contributed by atoms with Gasteiger partial charge in [-0.3, -0.25) is 4.79 Å². The molecule has 2 aromatic carbocycles. The van der Waals surface area contributed by atoms with Crippen LogP contribution in [-0.2, 0) is 24.4 Å². The second-order valence-electron chi connectivity index (χ2n) is 7.48. The Balaban J connectivity index is 1.36. The highest BCUT2D eigenvalue weighted by atomic mass is 16.7. The fourth-order valence-electron chi connectivity index (χ4n) is 3.67. The molecule has 1 fully saturated rings. The van der Waals surface area contributed by atoms with E-state index in [4.69, 9.17) is 14.5 Å². The standard InChI is InChI=1S/C23H28N4O3/c1-2-24-23(26-14-18-8-9-20-21(12-18)30-16-29-20)25-13-17-5-3-6-19(11-17)15-27-10-4-7-22(27)28/h3,5-6,8-9,11-12H,2,4,7,10,13-16H2,1H3,(H2,24,25,26). The number of rotatable bonds is 7. The molecule has 7 nitrogen and oxygen atoms in total. The number of carbonyl (C=O) groups is 1. The van der Waals surface area contributed by atoms with Crippen molar-refractivity contribution in [1.82, 2.24) is 15.5 Å². The molecule has 0 saturated carbocycles. The van der Waals surface area contributed by atoms with E-state index in [2.05, 4.69) is 28.8 Å². The molecule has 4 rings (SSSR count). The van der Waals surface area contributed by atoms with Gasteiger partial charge in [0.15, 0.2) is 17.5 Å². The summed E-state index contributed by atoms with van der Waals surface area (Å²) in [7, 11) is 0. The van der Waals surface area contributed by atoms with Crippen molar-refractivity contribution in [2.45, 2.75) is 39.4 Å². The van der Waals surface area contributed by atoms with Crippen LogP contribution in [0.3, 0.4) is 0 Å². The number of guanidine groups is 1. The van der Waals surface area contributed by atoms with Gasteiger partial charge in [-0.05, 0) is 42.2 Å². The first-order valence-corrected chi connectivity index (χ1v) is 10.5. The van der Waals surface area contributed by atoms with Gasteiger partial charge in [0.1, 0.15) is 0 Å². The van der Waals surface area contributed by atoms with Gasteiger partial charge in [-0.15, -0.1) is 0 Å². The zero-order chi connectivity index (χ0) is 20.8. The van der Waals surface area contributed by atoms with Gasteiger partial charge >= 0.3 is 0 Å². The Morgan fingerprint density at radius 3 is 2.77 bits per heavy atom. The first kappa shape index (κ1) is 20.1. The van der Waals surface area contributed by atoms with Gasteiger partial charge in [0.2, 0.25) is 12.7 Å². The van der Waals surface area contributed by atoms with Crippen LogP contribution in [0.4, 0.5) is 0 Å². The Morgan fingerprint density at radius 1 is 1.07 bits per heavy atom. The minimum absolute atomic E-state index is 0.251. The maximum Gasteiger partial charge on any atom is 0.231 e.